The Bertz CT molecular complexity index is 727. The van der Waals surface area contributed by atoms with Crippen molar-refractivity contribution in [2.45, 2.75) is 39.2 Å². The quantitative estimate of drug-likeness (QED) is 0.774. The van der Waals surface area contributed by atoms with Gasteiger partial charge in [0.15, 0.2) is 0 Å². The fourth-order valence-corrected chi connectivity index (χ4v) is 3.21. The number of rotatable bonds is 4. The topological polar surface area (TPSA) is 88.2 Å². The lowest BCUT2D eigenvalue weighted by Crippen LogP contribution is -2.46. The van der Waals surface area contributed by atoms with E-state index in [0.717, 1.165) is 12.8 Å². The van der Waals surface area contributed by atoms with E-state index in [1.54, 1.807) is 41.1 Å². The summed E-state index contributed by atoms with van der Waals surface area (Å²) in [6.45, 7) is 7.28. The summed E-state index contributed by atoms with van der Waals surface area (Å²) in [5.41, 5.74) is 0.497. The Hall–Kier alpha value is -2.77. The monoisotopic (exact) mass is 405 g/mol. The van der Waals surface area contributed by atoms with E-state index in [-0.39, 0.29) is 18.0 Å². The number of carbonyl (C=O) groups excluding carboxylic acids is 3. The number of esters is 1. The lowest BCUT2D eigenvalue weighted by atomic mass is 9.98. The maximum absolute atomic E-state index is 12.6. The van der Waals surface area contributed by atoms with Crippen LogP contribution in [0.4, 0.5) is 15.3 Å². The van der Waals surface area contributed by atoms with E-state index in [0.29, 0.717) is 30.9 Å². The molecule has 160 valence electrons. The lowest BCUT2D eigenvalue weighted by molar-refractivity contribution is 0.0253. The molecule has 0 aliphatic carbocycles. The largest absolute Gasteiger partial charge is 0.465 e. The number of methoxy groups -OCH3 is 1. The highest BCUT2D eigenvalue weighted by molar-refractivity contribution is 5.92. The van der Waals surface area contributed by atoms with Crippen LogP contribution in [-0.2, 0) is 9.47 Å². The first-order valence-corrected chi connectivity index (χ1v) is 9.77. The Morgan fingerprint density at radius 2 is 1.86 bits per heavy atom. The number of amides is 3. The lowest BCUT2D eigenvalue weighted by Gasteiger charge is -2.35. The normalized spacial score (nSPS) is 16.7. The highest BCUT2D eigenvalue weighted by atomic mass is 16.6. The molecule has 1 fully saturated rings. The zero-order valence-corrected chi connectivity index (χ0v) is 17.9. The van der Waals surface area contributed by atoms with Crippen molar-refractivity contribution < 1.29 is 23.9 Å². The van der Waals surface area contributed by atoms with Gasteiger partial charge in [-0.2, -0.15) is 0 Å². The van der Waals surface area contributed by atoms with E-state index in [1.165, 1.54) is 7.11 Å². The van der Waals surface area contributed by atoms with Crippen LogP contribution < -0.4 is 5.32 Å². The number of anilines is 1. The Labute approximate surface area is 172 Å². The fraction of sp³-hybridized carbons (Fsp3) is 0.571. The summed E-state index contributed by atoms with van der Waals surface area (Å²) in [5.74, 6) is -0.232. The molecule has 29 heavy (non-hydrogen) atoms. The van der Waals surface area contributed by atoms with E-state index in [1.807, 2.05) is 20.8 Å². The molecule has 1 unspecified atom stereocenters. The Kier molecular flexibility index (Phi) is 7.47. The van der Waals surface area contributed by atoms with E-state index in [4.69, 9.17) is 4.74 Å². The molecule has 1 N–H and O–H groups in total. The van der Waals surface area contributed by atoms with Gasteiger partial charge < -0.3 is 24.6 Å². The number of ether oxygens (including phenoxy) is 2. The maximum atomic E-state index is 12.6. The molecule has 1 saturated heterocycles. The van der Waals surface area contributed by atoms with Crippen LogP contribution >= 0.6 is 0 Å². The maximum Gasteiger partial charge on any atom is 0.410 e. The average Bonchev–Trinajstić information content (AvgIpc) is 2.66. The molecule has 1 aliphatic rings. The van der Waals surface area contributed by atoms with Crippen molar-refractivity contribution >= 4 is 23.8 Å². The molecule has 1 aromatic rings. The van der Waals surface area contributed by atoms with Gasteiger partial charge in [0.2, 0.25) is 0 Å². The predicted octanol–water partition coefficient (Wildman–Crippen LogP) is 3.58. The number of likely N-dealkylation sites (tertiary alicyclic amines) is 1. The average molecular weight is 405 g/mol. The van der Waals surface area contributed by atoms with E-state index >= 15 is 0 Å². The molecular weight excluding hydrogens is 374 g/mol. The second-order valence-corrected chi connectivity index (χ2v) is 8.31. The molecule has 1 heterocycles. The molecule has 0 spiro atoms. The van der Waals surface area contributed by atoms with Crippen molar-refractivity contribution in [1.29, 1.82) is 0 Å². The Morgan fingerprint density at radius 3 is 2.45 bits per heavy atom. The minimum atomic E-state index is -0.534. The fourth-order valence-electron chi connectivity index (χ4n) is 3.21. The van der Waals surface area contributed by atoms with Gasteiger partial charge in [-0.3, -0.25) is 0 Å². The van der Waals surface area contributed by atoms with Gasteiger partial charge in [-0.1, -0.05) is 0 Å². The van der Waals surface area contributed by atoms with Crippen LogP contribution in [0.3, 0.4) is 0 Å². The van der Waals surface area contributed by atoms with Crippen LogP contribution in [0, 0.1) is 5.92 Å². The summed E-state index contributed by atoms with van der Waals surface area (Å²) < 4.78 is 10.1. The van der Waals surface area contributed by atoms with Gasteiger partial charge in [0.25, 0.3) is 0 Å². The van der Waals surface area contributed by atoms with Crippen molar-refractivity contribution in [3.8, 4) is 0 Å². The summed E-state index contributed by atoms with van der Waals surface area (Å²) in [6.07, 6.45) is 1.47. The number of nitrogens with one attached hydrogen (secondary N) is 1. The number of hydrogen-bond donors (Lipinski definition) is 1. The predicted molar refractivity (Wildman–Crippen MR) is 110 cm³/mol. The van der Waals surface area contributed by atoms with Crippen LogP contribution in [0.5, 0.6) is 0 Å². The van der Waals surface area contributed by atoms with Crippen LogP contribution in [0.25, 0.3) is 0 Å². The zero-order chi connectivity index (χ0) is 21.6. The van der Waals surface area contributed by atoms with Crippen molar-refractivity contribution in [1.82, 2.24) is 9.80 Å². The zero-order valence-electron chi connectivity index (χ0n) is 17.9. The molecule has 2 rings (SSSR count). The van der Waals surface area contributed by atoms with Crippen molar-refractivity contribution in [3.05, 3.63) is 29.8 Å². The summed E-state index contributed by atoms with van der Waals surface area (Å²) >= 11 is 0. The molecule has 0 aromatic heterocycles. The van der Waals surface area contributed by atoms with Gasteiger partial charge in [-0.25, -0.2) is 14.4 Å². The van der Waals surface area contributed by atoms with Crippen LogP contribution in [-0.4, -0.2) is 67.3 Å². The number of urea groups is 1. The smallest absolute Gasteiger partial charge is 0.410 e. The molecular formula is C21H31N3O5. The number of carbonyl (C=O) groups is 3. The first-order valence-electron chi connectivity index (χ1n) is 9.77. The van der Waals surface area contributed by atoms with Gasteiger partial charge in [0, 0.05) is 32.4 Å². The molecule has 8 heteroatoms. The van der Waals surface area contributed by atoms with Crippen LogP contribution in [0.1, 0.15) is 44.0 Å². The van der Waals surface area contributed by atoms with E-state index < -0.39 is 11.6 Å². The molecule has 1 aromatic carbocycles. The van der Waals surface area contributed by atoms with E-state index in [9.17, 15) is 14.4 Å². The molecule has 0 bridgehead atoms. The molecule has 1 aliphatic heterocycles. The van der Waals surface area contributed by atoms with E-state index in [2.05, 4.69) is 10.1 Å². The Balaban J connectivity index is 1.88. The molecule has 3 amide bonds. The molecule has 1 atom stereocenters. The van der Waals surface area contributed by atoms with Crippen molar-refractivity contribution in [3.63, 3.8) is 0 Å². The highest BCUT2D eigenvalue weighted by Crippen LogP contribution is 2.20. The summed E-state index contributed by atoms with van der Waals surface area (Å²) in [6, 6.07) is 6.36. The van der Waals surface area contributed by atoms with Gasteiger partial charge in [0.1, 0.15) is 5.60 Å². The van der Waals surface area contributed by atoms with Crippen molar-refractivity contribution in [2.75, 3.05) is 39.1 Å². The van der Waals surface area contributed by atoms with Crippen LogP contribution in [0.2, 0.25) is 0 Å². The second kappa shape index (κ2) is 9.62. The first kappa shape index (κ1) is 22.5. The molecule has 0 radical (unpaired) electrons. The minimum absolute atomic E-state index is 0.189. The first-order chi connectivity index (χ1) is 13.6. The number of piperidine rings is 1. The highest BCUT2D eigenvalue weighted by Gasteiger charge is 2.27. The summed E-state index contributed by atoms with van der Waals surface area (Å²) in [7, 11) is 3.04. The van der Waals surface area contributed by atoms with Crippen molar-refractivity contribution in [2.24, 2.45) is 5.92 Å². The summed E-state index contributed by atoms with van der Waals surface area (Å²) in [4.78, 5) is 39.6. The third-order valence-corrected chi connectivity index (χ3v) is 4.60. The SMILES string of the molecule is COC(=O)c1ccc(NC(=O)N2CCCC(CN(C)C(=O)OC(C)(C)C)C2)cc1. The molecule has 8 nitrogen and oxygen atoms in total. The third kappa shape index (κ3) is 6.96. The number of benzene rings is 1. The number of nitrogens with zero attached hydrogens (tertiary/aromatic N) is 2. The minimum Gasteiger partial charge on any atom is -0.465 e. The standard InChI is InChI=1S/C21H31N3O5/c1-21(2,3)29-20(27)23(4)13-15-7-6-12-24(14-15)19(26)22-17-10-8-16(9-11-17)18(25)28-5/h8-11,15H,6-7,12-14H2,1-5H3,(H,22,26). The third-order valence-electron chi connectivity index (χ3n) is 4.60. The van der Waals surface area contributed by atoms with Gasteiger partial charge in [-0.05, 0) is 63.8 Å². The molecule has 0 saturated carbocycles. The van der Waals surface area contributed by atoms with Gasteiger partial charge >= 0.3 is 18.1 Å². The van der Waals surface area contributed by atoms with Gasteiger partial charge in [-0.15, -0.1) is 0 Å². The summed E-state index contributed by atoms with van der Waals surface area (Å²) in [5, 5.41) is 2.85. The van der Waals surface area contributed by atoms with Gasteiger partial charge in [0.05, 0.1) is 12.7 Å². The van der Waals surface area contributed by atoms with Crippen LogP contribution in [0.15, 0.2) is 24.3 Å². The second-order valence-electron chi connectivity index (χ2n) is 8.31. The number of hydrogen-bond acceptors (Lipinski definition) is 5. The Morgan fingerprint density at radius 1 is 1.21 bits per heavy atom.